The van der Waals surface area contributed by atoms with Crippen LogP contribution in [0.5, 0.6) is 0 Å². The third-order valence-electron chi connectivity index (χ3n) is 1.46. The lowest BCUT2D eigenvalue weighted by Crippen LogP contribution is -1.99. The Kier molecular flexibility index (Phi) is 3.33. The topological polar surface area (TPSA) is 24.9 Å². The second-order valence-electron chi connectivity index (χ2n) is 2.88. The van der Waals surface area contributed by atoms with Gasteiger partial charge in [0.25, 0.3) is 0 Å². The maximum absolute atomic E-state index is 4.14. The molecule has 1 aromatic heterocycles. The SMILES string of the molecule is CC(C)=CCNc1ccccn1. The van der Waals surface area contributed by atoms with E-state index in [0.717, 1.165) is 12.4 Å². The van der Waals surface area contributed by atoms with Crippen molar-refractivity contribution in [1.82, 2.24) is 4.98 Å². The van der Waals surface area contributed by atoms with E-state index in [2.05, 4.69) is 30.2 Å². The molecule has 0 aliphatic heterocycles. The fourth-order valence-corrected chi connectivity index (χ4v) is 0.827. The van der Waals surface area contributed by atoms with Gasteiger partial charge in [-0.2, -0.15) is 0 Å². The highest BCUT2D eigenvalue weighted by Gasteiger charge is 1.86. The summed E-state index contributed by atoms with van der Waals surface area (Å²) in [6.07, 6.45) is 3.92. The van der Waals surface area contributed by atoms with E-state index in [1.54, 1.807) is 6.20 Å². The number of aromatic nitrogens is 1. The van der Waals surface area contributed by atoms with Crippen molar-refractivity contribution in [2.24, 2.45) is 0 Å². The van der Waals surface area contributed by atoms with E-state index in [4.69, 9.17) is 0 Å². The van der Waals surface area contributed by atoms with E-state index in [1.807, 2.05) is 18.2 Å². The molecule has 0 radical (unpaired) electrons. The molecule has 1 N–H and O–H groups in total. The molecule has 0 spiro atoms. The van der Waals surface area contributed by atoms with Gasteiger partial charge in [0.1, 0.15) is 5.82 Å². The van der Waals surface area contributed by atoms with E-state index >= 15 is 0 Å². The Labute approximate surface area is 73.3 Å². The summed E-state index contributed by atoms with van der Waals surface area (Å²) in [6, 6.07) is 5.84. The first kappa shape index (κ1) is 8.78. The van der Waals surface area contributed by atoms with Crippen molar-refractivity contribution < 1.29 is 0 Å². The van der Waals surface area contributed by atoms with Gasteiger partial charge in [-0.15, -0.1) is 0 Å². The summed E-state index contributed by atoms with van der Waals surface area (Å²) in [5.74, 6) is 0.926. The van der Waals surface area contributed by atoms with Gasteiger partial charge in [-0.05, 0) is 26.0 Å². The summed E-state index contributed by atoms with van der Waals surface area (Å²) < 4.78 is 0. The lowest BCUT2D eigenvalue weighted by Gasteiger charge is -2.00. The molecule has 1 heterocycles. The molecular weight excluding hydrogens is 148 g/mol. The van der Waals surface area contributed by atoms with E-state index in [0.29, 0.717) is 0 Å². The van der Waals surface area contributed by atoms with Crippen molar-refractivity contribution >= 4 is 5.82 Å². The van der Waals surface area contributed by atoms with Crippen LogP contribution in [0.3, 0.4) is 0 Å². The van der Waals surface area contributed by atoms with Gasteiger partial charge < -0.3 is 5.32 Å². The molecule has 0 aromatic carbocycles. The molecule has 1 rings (SSSR count). The van der Waals surface area contributed by atoms with Gasteiger partial charge in [0.15, 0.2) is 0 Å². The van der Waals surface area contributed by atoms with E-state index in [1.165, 1.54) is 5.57 Å². The van der Waals surface area contributed by atoms with E-state index in [-0.39, 0.29) is 0 Å². The van der Waals surface area contributed by atoms with Gasteiger partial charge in [0.2, 0.25) is 0 Å². The van der Waals surface area contributed by atoms with E-state index in [9.17, 15) is 0 Å². The molecule has 0 aliphatic carbocycles. The first-order valence-electron chi connectivity index (χ1n) is 4.07. The molecule has 0 unspecified atom stereocenters. The molecule has 0 amide bonds. The minimum Gasteiger partial charge on any atom is -0.367 e. The molecule has 0 bridgehead atoms. The van der Waals surface area contributed by atoms with Gasteiger partial charge in [-0.3, -0.25) is 0 Å². The van der Waals surface area contributed by atoms with E-state index < -0.39 is 0 Å². The highest BCUT2D eigenvalue weighted by atomic mass is 15.0. The van der Waals surface area contributed by atoms with Crippen LogP contribution < -0.4 is 5.32 Å². The van der Waals surface area contributed by atoms with Gasteiger partial charge in [-0.25, -0.2) is 4.98 Å². The second-order valence-corrected chi connectivity index (χ2v) is 2.88. The molecule has 0 saturated heterocycles. The maximum atomic E-state index is 4.14. The minimum absolute atomic E-state index is 0.847. The molecule has 64 valence electrons. The van der Waals surface area contributed by atoms with Gasteiger partial charge >= 0.3 is 0 Å². The summed E-state index contributed by atoms with van der Waals surface area (Å²) in [4.78, 5) is 4.14. The summed E-state index contributed by atoms with van der Waals surface area (Å²) in [6.45, 7) is 5.01. The molecule has 2 nitrogen and oxygen atoms in total. The van der Waals surface area contributed by atoms with Crippen molar-refractivity contribution in [1.29, 1.82) is 0 Å². The average molecular weight is 162 g/mol. The monoisotopic (exact) mass is 162 g/mol. The molecule has 2 heteroatoms. The zero-order valence-electron chi connectivity index (χ0n) is 7.54. The Morgan fingerprint density at radius 1 is 1.50 bits per heavy atom. The van der Waals surface area contributed by atoms with Crippen LogP contribution in [0.15, 0.2) is 36.0 Å². The Balaban J connectivity index is 2.39. The number of rotatable bonds is 3. The third-order valence-corrected chi connectivity index (χ3v) is 1.46. The van der Waals surface area contributed by atoms with Crippen LogP contribution in [0.2, 0.25) is 0 Å². The van der Waals surface area contributed by atoms with Crippen LogP contribution in [-0.4, -0.2) is 11.5 Å². The first-order chi connectivity index (χ1) is 5.79. The lowest BCUT2D eigenvalue weighted by molar-refractivity contribution is 1.20. The molecule has 0 atom stereocenters. The summed E-state index contributed by atoms with van der Waals surface area (Å²) in [5.41, 5.74) is 1.32. The Hall–Kier alpha value is -1.31. The fourth-order valence-electron chi connectivity index (χ4n) is 0.827. The molecule has 1 aromatic rings. The largest absolute Gasteiger partial charge is 0.367 e. The van der Waals surface area contributed by atoms with Crippen molar-refractivity contribution in [3.8, 4) is 0 Å². The summed E-state index contributed by atoms with van der Waals surface area (Å²) in [7, 11) is 0. The summed E-state index contributed by atoms with van der Waals surface area (Å²) in [5, 5.41) is 3.19. The molecule has 0 aliphatic rings. The zero-order valence-corrected chi connectivity index (χ0v) is 7.54. The normalized spacial score (nSPS) is 9.17. The van der Waals surface area contributed by atoms with Gasteiger partial charge in [-0.1, -0.05) is 17.7 Å². The second kappa shape index (κ2) is 4.54. The smallest absolute Gasteiger partial charge is 0.126 e. The van der Waals surface area contributed by atoms with Crippen LogP contribution in [0.4, 0.5) is 5.82 Å². The minimum atomic E-state index is 0.847. The van der Waals surface area contributed by atoms with Gasteiger partial charge in [0.05, 0.1) is 0 Å². The van der Waals surface area contributed by atoms with Crippen LogP contribution in [-0.2, 0) is 0 Å². The fraction of sp³-hybridized carbons (Fsp3) is 0.300. The van der Waals surface area contributed by atoms with Gasteiger partial charge in [0, 0.05) is 12.7 Å². The zero-order chi connectivity index (χ0) is 8.81. The van der Waals surface area contributed by atoms with Crippen molar-refractivity contribution in [3.63, 3.8) is 0 Å². The quantitative estimate of drug-likeness (QED) is 0.690. The van der Waals surface area contributed by atoms with Crippen LogP contribution in [0.1, 0.15) is 13.8 Å². The Bertz CT molecular complexity index is 248. The molecule has 12 heavy (non-hydrogen) atoms. The number of pyridine rings is 1. The average Bonchev–Trinajstić information content (AvgIpc) is 2.05. The first-order valence-corrected chi connectivity index (χ1v) is 4.07. The van der Waals surface area contributed by atoms with Crippen molar-refractivity contribution in [2.45, 2.75) is 13.8 Å². The molecular formula is C10H14N2. The Morgan fingerprint density at radius 3 is 2.92 bits per heavy atom. The third kappa shape index (κ3) is 3.19. The van der Waals surface area contributed by atoms with Crippen molar-refractivity contribution in [2.75, 3.05) is 11.9 Å². The molecule has 0 fully saturated rings. The number of nitrogens with one attached hydrogen (secondary N) is 1. The molecule has 0 saturated carbocycles. The van der Waals surface area contributed by atoms with Crippen LogP contribution >= 0.6 is 0 Å². The maximum Gasteiger partial charge on any atom is 0.126 e. The number of nitrogens with zero attached hydrogens (tertiary/aromatic N) is 1. The summed E-state index contributed by atoms with van der Waals surface area (Å²) >= 11 is 0. The number of hydrogen-bond acceptors (Lipinski definition) is 2. The van der Waals surface area contributed by atoms with Crippen LogP contribution in [0, 0.1) is 0 Å². The predicted octanol–water partition coefficient (Wildman–Crippen LogP) is 2.46. The Morgan fingerprint density at radius 2 is 2.33 bits per heavy atom. The predicted molar refractivity (Wildman–Crippen MR) is 52.2 cm³/mol. The lowest BCUT2D eigenvalue weighted by atomic mass is 10.3. The van der Waals surface area contributed by atoms with Crippen molar-refractivity contribution in [3.05, 3.63) is 36.0 Å². The highest BCUT2D eigenvalue weighted by Crippen LogP contribution is 1.99. The number of hydrogen-bond donors (Lipinski definition) is 1. The van der Waals surface area contributed by atoms with Crippen LogP contribution in [0.25, 0.3) is 0 Å². The number of anilines is 1. The highest BCUT2D eigenvalue weighted by molar-refractivity contribution is 5.33. The number of allylic oxidation sites excluding steroid dienone is 1. The standard InChI is InChI=1S/C10H14N2/c1-9(2)6-8-12-10-5-3-4-7-11-10/h3-7H,8H2,1-2H3,(H,11,12).